The van der Waals surface area contributed by atoms with E-state index in [9.17, 15) is 4.79 Å². The van der Waals surface area contributed by atoms with Crippen molar-refractivity contribution in [3.05, 3.63) is 66.2 Å². The summed E-state index contributed by atoms with van der Waals surface area (Å²) in [5, 5.41) is 3.60. The molecular weight excluding hydrogens is 270 g/mol. The van der Waals surface area contributed by atoms with Gasteiger partial charge in [-0.3, -0.25) is 4.79 Å². The van der Waals surface area contributed by atoms with Crippen molar-refractivity contribution in [2.75, 3.05) is 5.32 Å². The zero-order chi connectivity index (χ0) is 15.2. The molecular formula is C20H23NO. The predicted molar refractivity (Wildman–Crippen MR) is 90.8 cm³/mol. The maximum absolute atomic E-state index is 12.6. The van der Waals surface area contributed by atoms with Crippen LogP contribution in [0.3, 0.4) is 0 Å². The van der Waals surface area contributed by atoms with Crippen molar-refractivity contribution in [1.29, 1.82) is 0 Å². The summed E-state index contributed by atoms with van der Waals surface area (Å²) in [6, 6.07) is 20.6. The summed E-state index contributed by atoms with van der Waals surface area (Å²) < 4.78 is 0. The summed E-state index contributed by atoms with van der Waals surface area (Å²) in [7, 11) is 0. The smallest absolute Gasteiger partial charge is 0.138 e. The lowest BCUT2D eigenvalue weighted by molar-refractivity contribution is -0.123. The molecule has 22 heavy (non-hydrogen) atoms. The highest BCUT2D eigenvalue weighted by atomic mass is 16.1. The van der Waals surface area contributed by atoms with Gasteiger partial charge in [-0.05, 0) is 30.5 Å². The average Bonchev–Trinajstić information content (AvgIpc) is 2.79. The van der Waals surface area contributed by atoms with E-state index in [0.29, 0.717) is 5.78 Å². The normalized spacial score (nSPS) is 20.2. The van der Waals surface area contributed by atoms with Crippen LogP contribution in [0.5, 0.6) is 0 Å². The Morgan fingerprint density at radius 2 is 1.55 bits per heavy atom. The van der Waals surface area contributed by atoms with Crippen molar-refractivity contribution in [2.24, 2.45) is 5.92 Å². The largest absolute Gasteiger partial charge is 0.378 e. The summed E-state index contributed by atoms with van der Waals surface area (Å²) in [6.07, 6.45) is 5.08. The van der Waals surface area contributed by atoms with Gasteiger partial charge in [-0.1, -0.05) is 61.4 Å². The molecule has 1 N–H and O–H groups in total. The second-order valence-electron chi connectivity index (χ2n) is 6.07. The predicted octanol–water partition coefficient (Wildman–Crippen LogP) is 4.99. The summed E-state index contributed by atoms with van der Waals surface area (Å²) in [5.74, 6) is 0.486. The monoisotopic (exact) mass is 293 g/mol. The molecule has 114 valence electrons. The molecule has 0 saturated heterocycles. The Morgan fingerprint density at radius 3 is 2.27 bits per heavy atom. The third-order valence-corrected chi connectivity index (χ3v) is 4.51. The van der Waals surface area contributed by atoms with Gasteiger partial charge < -0.3 is 5.32 Å². The molecule has 0 amide bonds. The van der Waals surface area contributed by atoms with Crippen molar-refractivity contribution >= 4 is 11.5 Å². The maximum atomic E-state index is 12.6. The molecule has 1 aliphatic carbocycles. The molecule has 3 rings (SSSR count). The Balaban J connectivity index is 1.90. The van der Waals surface area contributed by atoms with E-state index in [2.05, 4.69) is 41.7 Å². The van der Waals surface area contributed by atoms with Gasteiger partial charge in [0.2, 0.25) is 0 Å². The van der Waals surface area contributed by atoms with Crippen molar-refractivity contribution in [3.63, 3.8) is 0 Å². The lowest BCUT2D eigenvalue weighted by atomic mass is 9.86. The van der Waals surface area contributed by atoms with Gasteiger partial charge in [0.1, 0.15) is 5.78 Å². The van der Waals surface area contributed by atoms with Gasteiger partial charge in [0.25, 0.3) is 0 Å². The number of benzene rings is 2. The quantitative estimate of drug-likeness (QED) is 0.805. The first-order chi connectivity index (χ1) is 10.8. The van der Waals surface area contributed by atoms with Crippen LogP contribution in [0.2, 0.25) is 0 Å². The van der Waals surface area contributed by atoms with Crippen LogP contribution >= 0.6 is 0 Å². The van der Waals surface area contributed by atoms with Crippen LogP contribution in [0.4, 0.5) is 5.69 Å². The first-order valence-corrected chi connectivity index (χ1v) is 8.24. The molecule has 0 aromatic heterocycles. The minimum absolute atomic E-state index is 0.0641. The van der Waals surface area contributed by atoms with Crippen molar-refractivity contribution < 1.29 is 4.79 Å². The Bertz CT molecular complexity index is 594. The van der Waals surface area contributed by atoms with E-state index < -0.39 is 0 Å². The molecule has 2 heteroatoms. The molecule has 2 nitrogen and oxygen atoms in total. The van der Waals surface area contributed by atoms with E-state index in [-0.39, 0.29) is 12.0 Å². The SMILES string of the molecule is O=C1CCCCC[C@@H]1[C@H](Nc1ccccc1)c1ccccc1. The third kappa shape index (κ3) is 3.56. The number of para-hydroxylation sites is 1. The van der Waals surface area contributed by atoms with E-state index in [1.54, 1.807) is 0 Å². The Labute approximate surface area is 132 Å². The van der Waals surface area contributed by atoms with Crippen LogP contribution in [-0.2, 0) is 4.79 Å². The zero-order valence-electron chi connectivity index (χ0n) is 12.9. The fourth-order valence-corrected chi connectivity index (χ4v) is 3.33. The highest BCUT2D eigenvalue weighted by molar-refractivity contribution is 5.82. The van der Waals surface area contributed by atoms with E-state index in [4.69, 9.17) is 0 Å². The molecule has 1 aliphatic rings. The number of hydrogen-bond acceptors (Lipinski definition) is 2. The van der Waals surface area contributed by atoms with E-state index in [1.807, 2.05) is 24.3 Å². The van der Waals surface area contributed by atoms with E-state index in [1.165, 1.54) is 12.0 Å². The van der Waals surface area contributed by atoms with Crippen LogP contribution in [0, 0.1) is 5.92 Å². The lowest BCUT2D eigenvalue weighted by Gasteiger charge is -2.27. The van der Waals surface area contributed by atoms with E-state index in [0.717, 1.165) is 31.4 Å². The highest BCUT2D eigenvalue weighted by Crippen LogP contribution is 2.34. The van der Waals surface area contributed by atoms with Crippen molar-refractivity contribution in [3.8, 4) is 0 Å². The summed E-state index contributed by atoms with van der Waals surface area (Å²) in [6.45, 7) is 0. The molecule has 0 spiro atoms. The summed E-state index contributed by atoms with van der Waals surface area (Å²) in [4.78, 5) is 12.6. The Hall–Kier alpha value is -2.09. The Kier molecular flexibility index (Phi) is 4.89. The second-order valence-corrected chi connectivity index (χ2v) is 6.07. The van der Waals surface area contributed by atoms with Crippen molar-refractivity contribution in [1.82, 2.24) is 0 Å². The molecule has 0 aliphatic heterocycles. The number of nitrogens with one attached hydrogen (secondary N) is 1. The second kappa shape index (κ2) is 7.26. The van der Waals surface area contributed by atoms with Crippen LogP contribution in [0.15, 0.2) is 60.7 Å². The zero-order valence-corrected chi connectivity index (χ0v) is 12.9. The molecule has 1 fully saturated rings. The number of anilines is 1. The molecule has 2 aromatic carbocycles. The Morgan fingerprint density at radius 1 is 0.864 bits per heavy atom. The highest BCUT2D eigenvalue weighted by Gasteiger charge is 2.30. The minimum atomic E-state index is 0.0641. The first-order valence-electron chi connectivity index (χ1n) is 8.24. The molecule has 0 heterocycles. The maximum Gasteiger partial charge on any atom is 0.138 e. The third-order valence-electron chi connectivity index (χ3n) is 4.51. The molecule has 0 radical (unpaired) electrons. The molecule has 2 atom stereocenters. The number of ketones is 1. The fraction of sp³-hybridized carbons (Fsp3) is 0.350. The van der Waals surface area contributed by atoms with Gasteiger partial charge in [0, 0.05) is 18.0 Å². The van der Waals surface area contributed by atoms with E-state index >= 15 is 0 Å². The number of hydrogen-bond donors (Lipinski definition) is 1. The number of carbonyl (C=O) groups is 1. The molecule has 2 aromatic rings. The lowest BCUT2D eigenvalue weighted by Crippen LogP contribution is -2.27. The summed E-state index contributed by atoms with van der Waals surface area (Å²) >= 11 is 0. The van der Waals surface area contributed by atoms with Gasteiger partial charge >= 0.3 is 0 Å². The number of carbonyl (C=O) groups excluding carboxylic acids is 1. The average molecular weight is 293 g/mol. The first kappa shape index (κ1) is 14.8. The van der Waals surface area contributed by atoms with Crippen LogP contribution < -0.4 is 5.32 Å². The van der Waals surface area contributed by atoms with Gasteiger partial charge in [-0.25, -0.2) is 0 Å². The number of rotatable bonds is 4. The minimum Gasteiger partial charge on any atom is -0.378 e. The van der Waals surface area contributed by atoms with Crippen LogP contribution in [-0.4, -0.2) is 5.78 Å². The topological polar surface area (TPSA) is 29.1 Å². The van der Waals surface area contributed by atoms with Gasteiger partial charge in [0.15, 0.2) is 0 Å². The van der Waals surface area contributed by atoms with Gasteiger partial charge in [-0.15, -0.1) is 0 Å². The van der Waals surface area contributed by atoms with Gasteiger partial charge in [-0.2, -0.15) is 0 Å². The number of Topliss-reactive ketones (excluding diaryl/α,β-unsaturated/α-hetero) is 1. The molecule has 0 unspecified atom stereocenters. The molecule has 1 saturated carbocycles. The van der Waals surface area contributed by atoms with Gasteiger partial charge in [0.05, 0.1) is 6.04 Å². The fourth-order valence-electron chi connectivity index (χ4n) is 3.33. The standard InChI is InChI=1S/C20H23NO/c22-19-15-9-3-8-14-18(19)20(16-10-4-1-5-11-16)21-17-12-6-2-7-13-17/h1-2,4-7,10-13,18,20-21H,3,8-9,14-15H2/t18-,20+/m0/s1. The summed E-state index contributed by atoms with van der Waals surface area (Å²) in [5.41, 5.74) is 2.28. The van der Waals surface area contributed by atoms with Crippen LogP contribution in [0.1, 0.15) is 43.7 Å². The van der Waals surface area contributed by atoms with Crippen molar-refractivity contribution in [2.45, 2.75) is 38.1 Å². The van der Waals surface area contributed by atoms with Crippen LogP contribution in [0.25, 0.3) is 0 Å². The molecule has 0 bridgehead atoms.